The number of urea groups is 1. The van der Waals surface area contributed by atoms with E-state index < -0.39 is 18.1 Å². The molecule has 18 heavy (non-hydrogen) atoms. The lowest BCUT2D eigenvalue weighted by Crippen LogP contribution is -2.37. The molecule has 2 amide bonds. The van der Waals surface area contributed by atoms with Gasteiger partial charge in [-0.3, -0.25) is 10.1 Å². The van der Waals surface area contributed by atoms with E-state index in [0.29, 0.717) is 5.13 Å². The van der Waals surface area contributed by atoms with Crippen molar-refractivity contribution in [3.63, 3.8) is 0 Å². The second kappa shape index (κ2) is 6.92. The monoisotopic (exact) mass is 273 g/mol. The Kier molecular flexibility index (Phi) is 5.53. The summed E-state index contributed by atoms with van der Waals surface area (Å²) in [7, 11) is 1.40. The Labute approximate surface area is 108 Å². The Bertz CT molecular complexity index is 421. The molecular formula is C10H15N3O4S. The fourth-order valence-electron chi connectivity index (χ4n) is 1.19. The number of nitrogens with zero attached hydrogens (tertiary/aromatic N) is 1. The molecule has 0 aliphatic rings. The molecule has 8 heteroatoms. The third kappa shape index (κ3) is 5.11. The summed E-state index contributed by atoms with van der Waals surface area (Å²) in [6.45, 7) is 2.01. The minimum absolute atomic E-state index is 0.124. The minimum atomic E-state index is -0.973. The number of nitrogens with one attached hydrogen (secondary N) is 2. The number of carbonyl (C=O) groups is 2. The molecule has 1 heterocycles. The van der Waals surface area contributed by atoms with Gasteiger partial charge in [0.15, 0.2) is 5.13 Å². The molecule has 0 aliphatic carbocycles. The third-order valence-corrected chi connectivity index (χ3v) is 2.90. The van der Waals surface area contributed by atoms with Crippen LogP contribution in [-0.4, -0.2) is 41.8 Å². The van der Waals surface area contributed by atoms with Crippen molar-refractivity contribution in [2.75, 3.05) is 19.0 Å². The predicted molar refractivity (Wildman–Crippen MR) is 66.9 cm³/mol. The molecule has 0 saturated carbocycles. The maximum absolute atomic E-state index is 11.5. The van der Waals surface area contributed by atoms with Crippen molar-refractivity contribution in [3.8, 4) is 0 Å². The minimum Gasteiger partial charge on any atom is -0.481 e. The van der Waals surface area contributed by atoms with Crippen LogP contribution < -0.4 is 10.6 Å². The molecule has 0 radical (unpaired) electrons. The molecule has 1 unspecified atom stereocenters. The summed E-state index contributed by atoms with van der Waals surface area (Å²) in [5.74, 6) is -0.973. The van der Waals surface area contributed by atoms with Gasteiger partial charge in [-0.2, -0.15) is 0 Å². The van der Waals surface area contributed by atoms with Crippen molar-refractivity contribution in [1.29, 1.82) is 0 Å². The Morgan fingerprint density at radius 1 is 1.61 bits per heavy atom. The van der Waals surface area contributed by atoms with E-state index in [0.717, 1.165) is 4.88 Å². The van der Waals surface area contributed by atoms with Gasteiger partial charge in [-0.25, -0.2) is 9.78 Å². The molecule has 7 nitrogen and oxygen atoms in total. The Balaban J connectivity index is 2.33. The largest absolute Gasteiger partial charge is 0.481 e. The molecule has 0 aromatic carbocycles. The van der Waals surface area contributed by atoms with Gasteiger partial charge >= 0.3 is 12.0 Å². The summed E-state index contributed by atoms with van der Waals surface area (Å²) in [6, 6.07) is -0.434. The van der Waals surface area contributed by atoms with E-state index in [-0.39, 0.29) is 13.0 Å². The van der Waals surface area contributed by atoms with Crippen LogP contribution in [0.3, 0.4) is 0 Å². The van der Waals surface area contributed by atoms with Crippen molar-refractivity contribution in [3.05, 3.63) is 11.1 Å². The maximum Gasteiger partial charge on any atom is 0.321 e. The van der Waals surface area contributed by atoms with Gasteiger partial charge in [0, 0.05) is 24.7 Å². The summed E-state index contributed by atoms with van der Waals surface area (Å²) in [4.78, 5) is 26.9. The van der Waals surface area contributed by atoms with Crippen molar-refractivity contribution < 1.29 is 19.4 Å². The van der Waals surface area contributed by atoms with Crippen LogP contribution in [0, 0.1) is 6.92 Å². The zero-order valence-corrected chi connectivity index (χ0v) is 10.9. The molecule has 1 atom stereocenters. The van der Waals surface area contributed by atoms with Crippen LogP contribution in [0.4, 0.5) is 9.93 Å². The zero-order valence-electron chi connectivity index (χ0n) is 10.1. The van der Waals surface area contributed by atoms with Gasteiger partial charge in [0.05, 0.1) is 12.5 Å². The lowest BCUT2D eigenvalue weighted by atomic mass is 10.2. The first-order chi connectivity index (χ1) is 8.51. The second-order valence-corrected chi connectivity index (χ2v) is 4.80. The molecule has 0 aliphatic heterocycles. The van der Waals surface area contributed by atoms with E-state index in [1.54, 1.807) is 6.20 Å². The van der Waals surface area contributed by atoms with E-state index in [1.165, 1.54) is 18.4 Å². The number of aromatic nitrogens is 1. The fraction of sp³-hybridized carbons (Fsp3) is 0.500. The molecule has 3 N–H and O–H groups in total. The third-order valence-electron chi connectivity index (χ3n) is 2.07. The van der Waals surface area contributed by atoms with Gasteiger partial charge in [-0.05, 0) is 6.92 Å². The number of aliphatic carboxylic acids is 1. The number of carboxylic acids is 1. The van der Waals surface area contributed by atoms with Crippen molar-refractivity contribution in [1.82, 2.24) is 10.3 Å². The van der Waals surface area contributed by atoms with Gasteiger partial charge in [-0.1, -0.05) is 0 Å². The quantitative estimate of drug-likeness (QED) is 0.719. The van der Waals surface area contributed by atoms with Gasteiger partial charge in [0.25, 0.3) is 0 Å². The average molecular weight is 273 g/mol. The molecule has 0 spiro atoms. The number of aryl methyl sites for hydroxylation is 1. The van der Waals surface area contributed by atoms with E-state index in [1.807, 2.05) is 6.92 Å². The van der Waals surface area contributed by atoms with Crippen LogP contribution in [0.2, 0.25) is 0 Å². The smallest absolute Gasteiger partial charge is 0.321 e. The summed E-state index contributed by atoms with van der Waals surface area (Å²) >= 11 is 1.36. The topological polar surface area (TPSA) is 101 Å². The summed E-state index contributed by atoms with van der Waals surface area (Å²) < 4.78 is 4.93. The number of ether oxygens (including phenoxy) is 1. The molecule has 100 valence electrons. The molecular weight excluding hydrogens is 258 g/mol. The van der Waals surface area contributed by atoms with Gasteiger partial charge in [0.2, 0.25) is 0 Å². The highest BCUT2D eigenvalue weighted by Crippen LogP contribution is 2.15. The number of hydrogen-bond acceptors (Lipinski definition) is 5. The molecule has 1 rings (SSSR count). The summed E-state index contributed by atoms with van der Waals surface area (Å²) in [5.41, 5.74) is 0. The maximum atomic E-state index is 11.5. The van der Waals surface area contributed by atoms with Crippen LogP contribution in [0.5, 0.6) is 0 Å². The molecule has 0 fully saturated rings. The lowest BCUT2D eigenvalue weighted by molar-refractivity contribution is -0.139. The van der Waals surface area contributed by atoms with Crippen molar-refractivity contribution >= 4 is 28.5 Å². The van der Waals surface area contributed by atoms with E-state index in [9.17, 15) is 9.59 Å². The van der Waals surface area contributed by atoms with E-state index in [2.05, 4.69) is 15.6 Å². The number of carboxylic acid groups (broad SMARTS) is 1. The number of thiazole rings is 1. The summed E-state index contributed by atoms with van der Waals surface area (Å²) in [6.07, 6.45) is 0.946. The zero-order chi connectivity index (χ0) is 13.5. The van der Waals surface area contributed by atoms with Crippen molar-refractivity contribution in [2.45, 2.75) is 19.4 Å². The number of hydrogen-bond donors (Lipinski definition) is 3. The van der Waals surface area contributed by atoms with Crippen LogP contribution in [-0.2, 0) is 9.53 Å². The first-order valence-corrected chi connectivity index (χ1v) is 6.04. The molecule has 1 aromatic heterocycles. The average Bonchev–Trinajstić information content (AvgIpc) is 2.69. The van der Waals surface area contributed by atoms with Crippen LogP contribution in [0.15, 0.2) is 6.20 Å². The van der Waals surface area contributed by atoms with Crippen LogP contribution in [0.25, 0.3) is 0 Å². The standard InChI is InChI=1S/C10H15N3O4S/c1-6-4-12-10(18-6)13-9(16)11-5-7(17-2)3-8(14)15/h4,7H,3,5H2,1-2H3,(H,14,15)(H2,11,12,13,16). The van der Waals surface area contributed by atoms with Gasteiger partial charge in [0.1, 0.15) is 0 Å². The number of rotatable bonds is 6. The Morgan fingerprint density at radius 3 is 2.83 bits per heavy atom. The number of carbonyl (C=O) groups excluding carboxylic acids is 1. The fourth-order valence-corrected chi connectivity index (χ4v) is 1.85. The Hall–Kier alpha value is -1.67. The van der Waals surface area contributed by atoms with Gasteiger partial charge in [-0.15, -0.1) is 11.3 Å². The van der Waals surface area contributed by atoms with E-state index in [4.69, 9.17) is 9.84 Å². The SMILES string of the molecule is COC(CNC(=O)Nc1ncc(C)s1)CC(=O)O. The highest BCUT2D eigenvalue weighted by Gasteiger charge is 2.13. The second-order valence-electron chi connectivity index (χ2n) is 3.57. The Morgan fingerprint density at radius 2 is 2.33 bits per heavy atom. The lowest BCUT2D eigenvalue weighted by Gasteiger charge is -2.13. The van der Waals surface area contributed by atoms with Gasteiger partial charge < -0.3 is 15.2 Å². The summed E-state index contributed by atoms with van der Waals surface area (Å²) in [5, 5.41) is 14.2. The van der Waals surface area contributed by atoms with Crippen molar-refractivity contribution in [2.24, 2.45) is 0 Å². The van der Waals surface area contributed by atoms with Crippen LogP contribution >= 0.6 is 11.3 Å². The first kappa shape index (κ1) is 14.4. The highest BCUT2D eigenvalue weighted by molar-refractivity contribution is 7.15. The number of methoxy groups -OCH3 is 1. The number of anilines is 1. The van der Waals surface area contributed by atoms with E-state index >= 15 is 0 Å². The molecule has 0 saturated heterocycles. The predicted octanol–water partition coefficient (Wildman–Crippen LogP) is 1.06. The number of amides is 2. The van der Waals surface area contributed by atoms with Crippen LogP contribution in [0.1, 0.15) is 11.3 Å². The first-order valence-electron chi connectivity index (χ1n) is 5.23. The normalized spacial score (nSPS) is 11.9. The highest BCUT2D eigenvalue weighted by atomic mass is 32.1. The molecule has 1 aromatic rings. The molecule has 0 bridgehead atoms.